The number of nitro groups is 1. The van der Waals surface area contributed by atoms with Crippen molar-refractivity contribution in [2.24, 2.45) is 0 Å². The molecule has 1 heterocycles. The molecule has 138 valence electrons. The van der Waals surface area contributed by atoms with E-state index >= 15 is 0 Å². The third kappa shape index (κ3) is 3.91. The summed E-state index contributed by atoms with van der Waals surface area (Å²) in [6.07, 6.45) is -4.78. The second-order valence-electron chi connectivity index (χ2n) is 4.56. The van der Waals surface area contributed by atoms with Gasteiger partial charge in [0.25, 0.3) is 0 Å². The van der Waals surface area contributed by atoms with Crippen LogP contribution in [-0.2, 0) is 14.6 Å². The lowest BCUT2D eigenvalue weighted by molar-refractivity contribution is -0.389. The normalized spacial score (nSPS) is 11.8. The van der Waals surface area contributed by atoms with E-state index < -0.39 is 48.3 Å². The van der Waals surface area contributed by atoms with Crippen molar-refractivity contribution in [2.75, 3.05) is 0 Å². The molecule has 1 aromatic heterocycles. The van der Waals surface area contributed by atoms with Crippen molar-refractivity contribution in [3.8, 4) is 5.75 Å². The number of sulfone groups is 1. The Bertz CT molecular complexity index is 976. The number of esters is 1. The fraction of sp³-hybridized carbons (Fsp3) is 0.0769. The van der Waals surface area contributed by atoms with Gasteiger partial charge < -0.3 is 4.74 Å². The average molecular weight is 411 g/mol. The molecule has 2 aromatic rings. The number of carbonyl (C=O) groups is 1. The molecule has 8 nitrogen and oxygen atoms in total. The largest absolute Gasteiger partial charge is 0.491 e. The Morgan fingerprint density at radius 1 is 1.19 bits per heavy atom. The lowest BCUT2D eigenvalue weighted by atomic mass is 10.4. The molecule has 13 heteroatoms. The molecule has 0 saturated carbocycles. The van der Waals surface area contributed by atoms with Crippen LogP contribution in [0.3, 0.4) is 0 Å². The molecule has 0 radical (unpaired) electrons. The SMILES string of the molecule is O=C(Oc1ccnc(S(=O)(=O)c2ccc(Cl)cc2)c1[N+](=O)[O-])C(F)(F)F. The molecule has 0 atom stereocenters. The fourth-order valence-corrected chi connectivity index (χ4v) is 3.22. The van der Waals surface area contributed by atoms with Crippen LogP contribution in [0.1, 0.15) is 0 Å². The minimum Gasteiger partial charge on any atom is -0.412 e. The van der Waals surface area contributed by atoms with Gasteiger partial charge in [-0.25, -0.2) is 18.2 Å². The molecule has 0 amide bonds. The first-order valence-corrected chi connectivity index (χ1v) is 8.23. The van der Waals surface area contributed by atoms with Crippen LogP contribution >= 0.6 is 11.6 Å². The Labute approximate surface area is 148 Å². The van der Waals surface area contributed by atoms with Gasteiger partial charge in [-0.1, -0.05) is 11.6 Å². The minimum absolute atomic E-state index is 0.180. The third-order valence-corrected chi connectivity index (χ3v) is 4.80. The van der Waals surface area contributed by atoms with Gasteiger partial charge in [0.2, 0.25) is 20.6 Å². The zero-order valence-corrected chi connectivity index (χ0v) is 13.8. The maximum absolute atomic E-state index is 12.5. The van der Waals surface area contributed by atoms with E-state index in [1.54, 1.807) is 0 Å². The van der Waals surface area contributed by atoms with E-state index in [2.05, 4.69) is 9.72 Å². The predicted molar refractivity (Wildman–Crippen MR) is 79.5 cm³/mol. The van der Waals surface area contributed by atoms with E-state index in [-0.39, 0.29) is 5.02 Å². The first-order chi connectivity index (χ1) is 11.9. The lowest BCUT2D eigenvalue weighted by Gasteiger charge is -2.09. The molecule has 0 spiro atoms. The third-order valence-electron chi connectivity index (χ3n) is 2.85. The topological polar surface area (TPSA) is 116 Å². The average Bonchev–Trinajstić information content (AvgIpc) is 2.53. The van der Waals surface area contributed by atoms with Crippen molar-refractivity contribution in [2.45, 2.75) is 16.1 Å². The molecule has 0 unspecified atom stereocenters. The maximum Gasteiger partial charge on any atom is 0.491 e. The summed E-state index contributed by atoms with van der Waals surface area (Å²) < 4.78 is 65.9. The van der Waals surface area contributed by atoms with E-state index in [0.717, 1.165) is 12.1 Å². The maximum atomic E-state index is 12.5. The summed E-state index contributed by atoms with van der Waals surface area (Å²) in [4.78, 5) is 23.7. The minimum atomic E-state index is -5.44. The Balaban J connectivity index is 2.63. The number of carbonyl (C=O) groups excluding carboxylic acids is 1. The zero-order chi connectivity index (χ0) is 19.7. The highest BCUT2D eigenvalue weighted by atomic mass is 35.5. The van der Waals surface area contributed by atoms with Gasteiger partial charge in [0.1, 0.15) is 0 Å². The van der Waals surface area contributed by atoms with E-state index in [4.69, 9.17) is 11.6 Å². The molecule has 0 fully saturated rings. The van der Waals surface area contributed by atoms with E-state index in [9.17, 15) is 36.5 Å². The first-order valence-electron chi connectivity index (χ1n) is 6.37. The van der Waals surface area contributed by atoms with Gasteiger partial charge in [-0.3, -0.25) is 10.1 Å². The number of pyridine rings is 1. The molecule has 0 aliphatic carbocycles. The molecule has 0 N–H and O–H groups in total. The molecule has 0 saturated heterocycles. The fourth-order valence-electron chi connectivity index (χ4n) is 1.75. The van der Waals surface area contributed by atoms with Gasteiger partial charge in [-0.2, -0.15) is 13.2 Å². The number of hydrogen-bond acceptors (Lipinski definition) is 7. The van der Waals surface area contributed by atoms with Crippen LogP contribution in [0.2, 0.25) is 5.02 Å². The second kappa shape index (κ2) is 6.88. The number of rotatable bonds is 4. The molecule has 0 aliphatic rings. The first kappa shape index (κ1) is 19.6. The number of ether oxygens (including phenoxy) is 1. The highest BCUT2D eigenvalue weighted by Gasteiger charge is 2.43. The van der Waals surface area contributed by atoms with Crippen LogP contribution < -0.4 is 4.74 Å². The Morgan fingerprint density at radius 3 is 2.27 bits per heavy atom. The van der Waals surface area contributed by atoms with Gasteiger partial charge in [-0.05, 0) is 24.3 Å². The molecule has 0 aliphatic heterocycles. The number of aromatic nitrogens is 1. The van der Waals surface area contributed by atoms with Crippen LogP contribution in [0.5, 0.6) is 5.75 Å². The van der Waals surface area contributed by atoms with E-state index in [1.807, 2.05) is 0 Å². The monoisotopic (exact) mass is 410 g/mol. The number of alkyl halides is 3. The molecular weight excluding hydrogens is 405 g/mol. The van der Waals surface area contributed by atoms with Crippen LogP contribution in [0.25, 0.3) is 0 Å². The molecular formula is C13H6ClF3N2O6S. The van der Waals surface area contributed by atoms with Gasteiger partial charge in [0, 0.05) is 17.3 Å². The molecule has 0 bridgehead atoms. The van der Waals surface area contributed by atoms with Crippen LogP contribution in [0.4, 0.5) is 18.9 Å². The smallest absolute Gasteiger partial charge is 0.412 e. The van der Waals surface area contributed by atoms with E-state index in [1.165, 1.54) is 12.1 Å². The Kier molecular flexibility index (Phi) is 5.18. The summed E-state index contributed by atoms with van der Waals surface area (Å²) in [7, 11) is -4.61. The van der Waals surface area contributed by atoms with Crippen LogP contribution in [-0.4, -0.2) is 30.5 Å². The number of hydrogen-bond donors (Lipinski definition) is 0. The van der Waals surface area contributed by atoms with Crippen molar-refractivity contribution in [3.05, 3.63) is 51.7 Å². The zero-order valence-electron chi connectivity index (χ0n) is 12.2. The van der Waals surface area contributed by atoms with Gasteiger partial charge in [0.05, 0.1) is 9.82 Å². The number of nitrogens with zero attached hydrogens (tertiary/aromatic N) is 2. The van der Waals surface area contributed by atoms with Crippen molar-refractivity contribution < 1.29 is 36.0 Å². The quantitative estimate of drug-likeness (QED) is 0.432. The summed E-state index contributed by atoms with van der Waals surface area (Å²) in [5.41, 5.74) is -1.40. The summed E-state index contributed by atoms with van der Waals surface area (Å²) in [6, 6.07) is 5.00. The Morgan fingerprint density at radius 2 is 1.77 bits per heavy atom. The summed E-state index contributed by atoms with van der Waals surface area (Å²) in [5, 5.41) is 10.2. The summed E-state index contributed by atoms with van der Waals surface area (Å²) in [6.45, 7) is 0. The van der Waals surface area contributed by atoms with E-state index in [0.29, 0.717) is 12.3 Å². The highest BCUT2D eigenvalue weighted by molar-refractivity contribution is 7.91. The lowest BCUT2D eigenvalue weighted by Crippen LogP contribution is -2.28. The van der Waals surface area contributed by atoms with Crippen LogP contribution in [0, 0.1) is 10.1 Å². The number of benzene rings is 1. The van der Waals surface area contributed by atoms with Crippen molar-refractivity contribution in [1.29, 1.82) is 0 Å². The molecule has 1 aromatic carbocycles. The van der Waals surface area contributed by atoms with Gasteiger partial charge >= 0.3 is 17.8 Å². The van der Waals surface area contributed by atoms with Gasteiger partial charge in [0.15, 0.2) is 0 Å². The summed E-state index contributed by atoms with van der Waals surface area (Å²) in [5.74, 6) is -3.96. The predicted octanol–water partition coefficient (Wildman–Crippen LogP) is 2.94. The van der Waals surface area contributed by atoms with Gasteiger partial charge in [-0.15, -0.1) is 0 Å². The van der Waals surface area contributed by atoms with Crippen molar-refractivity contribution in [1.82, 2.24) is 4.98 Å². The van der Waals surface area contributed by atoms with Crippen molar-refractivity contribution in [3.63, 3.8) is 0 Å². The highest BCUT2D eigenvalue weighted by Crippen LogP contribution is 2.36. The Hall–Kier alpha value is -2.73. The summed E-state index contributed by atoms with van der Waals surface area (Å²) >= 11 is 5.63. The van der Waals surface area contributed by atoms with Crippen molar-refractivity contribution >= 4 is 33.1 Å². The van der Waals surface area contributed by atoms with Crippen LogP contribution in [0.15, 0.2) is 46.5 Å². The molecule has 26 heavy (non-hydrogen) atoms. The molecule has 2 rings (SSSR count). The number of halogens is 4. The second-order valence-corrected chi connectivity index (χ2v) is 6.87. The standard InChI is InChI=1S/C13H6ClF3N2O6S/c14-7-1-3-8(4-2-7)26(23,24)11-10(19(21)22)9(5-6-18-11)25-12(20)13(15,16)17/h1-6H.